The zero-order valence-electron chi connectivity index (χ0n) is 14.5. The number of carbonyl (C=O) groups excluding carboxylic acids is 2. The minimum Gasteiger partial charge on any atom is -0.352 e. The second-order valence-electron chi connectivity index (χ2n) is 6.47. The number of amides is 2. The van der Waals surface area contributed by atoms with Gasteiger partial charge in [-0.05, 0) is 31.0 Å². The van der Waals surface area contributed by atoms with Gasteiger partial charge in [-0.2, -0.15) is 9.78 Å². The molecule has 1 saturated carbocycles. The lowest BCUT2D eigenvalue weighted by atomic mass is 10.1. The van der Waals surface area contributed by atoms with Gasteiger partial charge in [0.1, 0.15) is 0 Å². The summed E-state index contributed by atoms with van der Waals surface area (Å²) in [6.07, 6.45) is 1.96. The summed E-state index contributed by atoms with van der Waals surface area (Å²) in [6.45, 7) is -0.129. The predicted molar refractivity (Wildman–Crippen MR) is 101 cm³/mol. The van der Waals surface area contributed by atoms with Crippen molar-refractivity contribution in [1.82, 2.24) is 20.4 Å². The average Bonchev–Trinajstić information content (AvgIpc) is 3.51. The summed E-state index contributed by atoms with van der Waals surface area (Å²) in [4.78, 5) is 37.3. The largest absolute Gasteiger partial charge is 0.352 e. The van der Waals surface area contributed by atoms with Gasteiger partial charge in [0.2, 0.25) is 5.91 Å². The maximum Gasteiger partial charge on any atom is 0.279 e. The minimum absolute atomic E-state index is 0.105. The highest BCUT2D eigenvalue weighted by molar-refractivity contribution is 6.05. The van der Waals surface area contributed by atoms with Crippen molar-refractivity contribution in [2.45, 2.75) is 18.9 Å². The molecule has 136 valence electrons. The van der Waals surface area contributed by atoms with E-state index in [9.17, 15) is 14.4 Å². The molecule has 1 fully saturated rings. The van der Waals surface area contributed by atoms with Gasteiger partial charge < -0.3 is 10.6 Å². The highest BCUT2D eigenvalue weighted by atomic mass is 16.2. The Balaban J connectivity index is 1.70. The Bertz CT molecular complexity index is 1070. The Morgan fingerprint density at radius 1 is 1.00 bits per heavy atom. The van der Waals surface area contributed by atoms with E-state index in [1.807, 2.05) is 6.07 Å². The van der Waals surface area contributed by atoms with Crippen LogP contribution in [0.3, 0.4) is 0 Å². The number of hydrogen-bond donors (Lipinski definition) is 2. The van der Waals surface area contributed by atoms with Crippen LogP contribution in [0.5, 0.6) is 0 Å². The molecule has 4 rings (SSSR count). The fourth-order valence-electron chi connectivity index (χ4n) is 2.85. The van der Waals surface area contributed by atoms with E-state index in [-0.39, 0.29) is 29.7 Å². The molecule has 0 spiro atoms. The smallest absolute Gasteiger partial charge is 0.279 e. The van der Waals surface area contributed by atoms with Gasteiger partial charge in [-0.25, -0.2) is 0 Å². The Kier molecular flexibility index (Phi) is 4.42. The summed E-state index contributed by atoms with van der Waals surface area (Å²) in [6, 6.07) is 16.0. The SMILES string of the molecule is O=C(CNC(=O)c1nn(-c2ccccc2)c(=O)c2ccccc12)NC1CC1. The molecule has 2 N–H and O–H groups in total. The third kappa shape index (κ3) is 3.57. The standard InChI is InChI=1S/C20H18N4O3/c25-17(22-13-10-11-13)12-21-19(26)18-15-8-4-5-9-16(15)20(27)24(23-18)14-6-2-1-3-7-14/h1-9,13H,10-12H2,(H,21,26)(H,22,25). The normalized spacial score (nSPS) is 13.3. The molecule has 1 aliphatic carbocycles. The lowest BCUT2D eigenvalue weighted by Gasteiger charge is -2.11. The molecular formula is C20H18N4O3. The van der Waals surface area contributed by atoms with Crippen LogP contribution < -0.4 is 16.2 Å². The van der Waals surface area contributed by atoms with Crippen LogP contribution in [0.25, 0.3) is 16.5 Å². The molecule has 2 aromatic carbocycles. The zero-order chi connectivity index (χ0) is 18.8. The van der Waals surface area contributed by atoms with E-state index in [0.717, 1.165) is 12.8 Å². The van der Waals surface area contributed by atoms with Crippen LogP contribution in [0, 0.1) is 0 Å². The molecule has 0 aliphatic heterocycles. The van der Waals surface area contributed by atoms with Gasteiger partial charge in [0, 0.05) is 11.4 Å². The molecule has 27 heavy (non-hydrogen) atoms. The minimum atomic E-state index is -0.498. The van der Waals surface area contributed by atoms with E-state index in [2.05, 4.69) is 15.7 Å². The topological polar surface area (TPSA) is 93.1 Å². The second kappa shape index (κ2) is 7.03. The van der Waals surface area contributed by atoms with E-state index in [1.54, 1.807) is 48.5 Å². The monoisotopic (exact) mass is 362 g/mol. The fourth-order valence-corrected chi connectivity index (χ4v) is 2.85. The van der Waals surface area contributed by atoms with Crippen LogP contribution in [0.15, 0.2) is 59.4 Å². The number of rotatable bonds is 5. The van der Waals surface area contributed by atoms with Crippen LogP contribution in [0.1, 0.15) is 23.3 Å². The van der Waals surface area contributed by atoms with Crippen molar-refractivity contribution in [3.63, 3.8) is 0 Å². The third-order valence-corrected chi connectivity index (χ3v) is 4.37. The first kappa shape index (κ1) is 17.0. The molecule has 1 heterocycles. The molecule has 7 heteroatoms. The van der Waals surface area contributed by atoms with Crippen molar-refractivity contribution in [3.05, 3.63) is 70.6 Å². The number of nitrogens with one attached hydrogen (secondary N) is 2. The molecule has 0 radical (unpaired) electrons. The van der Waals surface area contributed by atoms with Crippen LogP contribution in [0.4, 0.5) is 0 Å². The lowest BCUT2D eigenvalue weighted by Crippen LogP contribution is -2.38. The van der Waals surface area contributed by atoms with E-state index < -0.39 is 5.91 Å². The maximum atomic E-state index is 12.8. The summed E-state index contributed by atoms with van der Waals surface area (Å²) in [5.41, 5.74) is 0.363. The number of fused-ring (bicyclic) bond motifs is 1. The number of nitrogens with zero attached hydrogens (tertiary/aromatic N) is 2. The summed E-state index contributed by atoms with van der Waals surface area (Å²) >= 11 is 0. The molecule has 1 aliphatic rings. The van der Waals surface area contributed by atoms with Crippen LogP contribution >= 0.6 is 0 Å². The van der Waals surface area contributed by atoms with Gasteiger partial charge >= 0.3 is 0 Å². The second-order valence-corrected chi connectivity index (χ2v) is 6.47. The first-order chi connectivity index (χ1) is 13.1. The average molecular weight is 362 g/mol. The quantitative estimate of drug-likeness (QED) is 0.717. The van der Waals surface area contributed by atoms with Crippen molar-refractivity contribution >= 4 is 22.6 Å². The maximum absolute atomic E-state index is 12.8. The number of benzene rings is 2. The highest BCUT2D eigenvalue weighted by Gasteiger charge is 2.24. The Hall–Kier alpha value is -3.48. The summed E-state index contributed by atoms with van der Waals surface area (Å²) in [7, 11) is 0. The molecule has 7 nitrogen and oxygen atoms in total. The first-order valence-corrected chi connectivity index (χ1v) is 8.78. The van der Waals surface area contributed by atoms with Gasteiger partial charge in [-0.1, -0.05) is 36.4 Å². The fraction of sp³-hybridized carbons (Fsp3) is 0.200. The van der Waals surface area contributed by atoms with Gasteiger partial charge in [-0.3, -0.25) is 14.4 Å². The molecule has 3 aromatic rings. The van der Waals surface area contributed by atoms with Gasteiger partial charge in [0.25, 0.3) is 11.5 Å². The number of aromatic nitrogens is 2. The van der Waals surface area contributed by atoms with Crippen molar-refractivity contribution in [1.29, 1.82) is 0 Å². The third-order valence-electron chi connectivity index (χ3n) is 4.37. The van der Waals surface area contributed by atoms with Gasteiger partial charge in [0.15, 0.2) is 5.69 Å². The van der Waals surface area contributed by atoms with E-state index in [0.29, 0.717) is 16.5 Å². The Morgan fingerprint density at radius 3 is 2.37 bits per heavy atom. The van der Waals surface area contributed by atoms with Crippen LogP contribution in [-0.2, 0) is 4.79 Å². The lowest BCUT2D eigenvalue weighted by molar-refractivity contribution is -0.120. The molecular weight excluding hydrogens is 344 g/mol. The van der Waals surface area contributed by atoms with E-state index in [4.69, 9.17) is 0 Å². The van der Waals surface area contributed by atoms with E-state index in [1.165, 1.54) is 4.68 Å². The van der Waals surface area contributed by atoms with Crippen LogP contribution in [0.2, 0.25) is 0 Å². The molecule has 0 saturated heterocycles. The molecule has 2 amide bonds. The van der Waals surface area contributed by atoms with Crippen molar-refractivity contribution < 1.29 is 9.59 Å². The van der Waals surface area contributed by atoms with Gasteiger partial charge in [-0.15, -0.1) is 0 Å². The summed E-state index contributed by atoms with van der Waals surface area (Å²) in [5, 5.41) is 10.5. The number of para-hydroxylation sites is 1. The van der Waals surface area contributed by atoms with Crippen molar-refractivity contribution in [2.75, 3.05) is 6.54 Å². The molecule has 0 atom stereocenters. The molecule has 1 aromatic heterocycles. The molecule has 0 bridgehead atoms. The number of hydrogen-bond acceptors (Lipinski definition) is 4. The van der Waals surface area contributed by atoms with Crippen molar-refractivity contribution in [3.8, 4) is 5.69 Å². The summed E-state index contributed by atoms with van der Waals surface area (Å²) in [5.74, 6) is -0.728. The number of carbonyl (C=O) groups is 2. The molecule has 0 unspecified atom stereocenters. The summed E-state index contributed by atoms with van der Waals surface area (Å²) < 4.78 is 1.21. The Morgan fingerprint density at radius 2 is 1.67 bits per heavy atom. The van der Waals surface area contributed by atoms with Crippen LogP contribution in [-0.4, -0.2) is 34.2 Å². The Labute approximate surface area is 155 Å². The zero-order valence-corrected chi connectivity index (χ0v) is 14.5. The van der Waals surface area contributed by atoms with E-state index >= 15 is 0 Å². The van der Waals surface area contributed by atoms with Crippen molar-refractivity contribution in [2.24, 2.45) is 0 Å². The highest BCUT2D eigenvalue weighted by Crippen LogP contribution is 2.18. The van der Waals surface area contributed by atoms with Gasteiger partial charge in [0.05, 0.1) is 17.6 Å². The first-order valence-electron chi connectivity index (χ1n) is 8.78. The predicted octanol–water partition coefficient (Wildman–Crippen LogP) is 1.39.